The van der Waals surface area contributed by atoms with Gasteiger partial charge < -0.3 is 4.90 Å². The molecule has 1 aromatic carbocycles. The van der Waals surface area contributed by atoms with E-state index in [4.69, 9.17) is 0 Å². The Bertz CT molecular complexity index is 649. The van der Waals surface area contributed by atoms with Crippen LogP contribution in [0.2, 0.25) is 0 Å². The summed E-state index contributed by atoms with van der Waals surface area (Å²) in [5.41, 5.74) is 2.20. The standard InChI is InChI=1S/C16H20N4O/c1-3-6-14-17-15(19-18-14)16(21)20-10-11(2)9-12-7-4-5-8-13(12)20/h4-5,7-8,11H,3,6,9-10H2,1-2H3,(H,17,18,19). The number of hydrogen-bond acceptors (Lipinski definition) is 3. The lowest BCUT2D eigenvalue weighted by Crippen LogP contribution is -2.39. The summed E-state index contributed by atoms with van der Waals surface area (Å²) in [6, 6.07) is 8.08. The molecule has 0 bridgehead atoms. The van der Waals surface area contributed by atoms with Gasteiger partial charge in [0.15, 0.2) is 0 Å². The average Bonchev–Trinajstić information content (AvgIpc) is 2.94. The summed E-state index contributed by atoms with van der Waals surface area (Å²) in [7, 11) is 0. The molecule has 3 rings (SSSR count). The van der Waals surface area contributed by atoms with Gasteiger partial charge in [0.25, 0.3) is 5.91 Å². The highest BCUT2D eigenvalue weighted by atomic mass is 16.2. The number of amides is 1. The van der Waals surface area contributed by atoms with E-state index in [2.05, 4.69) is 35.1 Å². The second-order valence-corrected chi connectivity index (χ2v) is 5.71. The number of benzene rings is 1. The molecule has 5 nitrogen and oxygen atoms in total. The lowest BCUT2D eigenvalue weighted by Gasteiger charge is -2.32. The lowest BCUT2D eigenvalue weighted by molar-refractivity contribution is 0.0971. The Balaban J connectivity index is 1.90. The Kier molecular flexibility index (Phi) is 3.73. The number of hydrogen-bond donors (Lipinski definition) is 1. The van der Waals surface area contributed by atoms with Crippen molar-refractivity contribution in [3.8, 4) is 0 Å². The third kappa shape index (κ3) is 2.68. The highest BCUT2D eigenvalue weighted by Gasteiger charge is 2.28. The Morgan fingerprint density at radius 3 is 3.05 bits per heavy atom. The predicted octanol–water partition coefficient (Wildman–Crippen LogP) is 2.60. The zero-order valence-corrected chi connectivity index (χ0v) is 12.5. The Labute approximate surface area is 124 Å². The van der Waals surface area contributed by atoms with Gasteiger partial charge in [0.2, 0.25) is 5.82 Å². The predicted molar refractivity (Wildman–Crippen MR) is 81.4 cm³/mol. The molecule has 0 saturated heterocycles. The average molecular weight is 284 g/mol. The monoisotopic (exact) mass is 284 g/mol. The molecule has 5 heteroatoms. The van der Waals surface area contributed by atoms with Crippen LogP contribution in [0.25, 0.3) is 0 Å². The van der Waals surface area contributed by atoms with E-state index in [-0.39, 0.29) is 11.7 Å². The normalized spacial score (nSPS) is 17.6. The molecule has 2 heterocycles. The second kappa shape index (κ2) is 5.68. The topological polar surface area (TPSA) is 61.9 Å². The fourth-order valence-electron chi connectivity index (χ4n) is 2.85. The molecule has 110 valence electrons. The van der Waals surface area contributed by atoms with Crippen molar-refractivity contribution in [2.75, 3.05) is 11.4 Å². The SMILES string of the molecule is CCCc1nc(C(=O)N2CC(C)Cc3ccccc32)n[nH]1. The second-order valence-electron chi connectivity index (χ2n) is 5.71. The quantitative estimate of drug-likeness (QED) is 0.942. The van der Waals surface area contributed by atoms with E-state index in [9.17, 15) is 4.79 Å². The van der Waals surface area contributed by atoms with Crippen molar-refractivity contribution in [1.29, 1.82) is 0 Å². The molecule has 0 spiro atoms. The number of nitrogens with zero attached hydrogens (tertiary/aromatic N) is 3. The number of fused-ring (bicyclic) bond motifs is 1. The van der Waals surface area contributed by atoms with Gasteiger partial charge in [-0.15, -0.1) is 5.10 Å². The number of para-hydroxylation sites is 1. The fourth-order valence-corrected chi connectivity index (χ4v) is 2.85. The molecule has 0 aliphatic carbocycles. The first-order valence-electron chi connectivity index (χ1n) is 7.50. The number of H-pyrrole nitrogens is 1. The third-order valence-electron chi connectivity index (χ3n) is 3.80. The Hall–Kier alpha value is -2.17. The minimum atomic E-state index is -0.118. The molecule has 1 N–H and O–H groups in total. The van der Waals surface area contributed by atoms with Crippen molar-refractivity contribution in [1.82, 2.24) is 15.2 Å². The van der Waals surface area contributed by atoms with Crippen LogP contribution in [-0.4, -0.2) is 27.6 Å². The van der Waals surface area contributed by atoms with E-state index in [1.807, 2.05) is 23.1 Å². The van der Waals surface area contributed by atoms with E-state index in [1.54, 1.807) is 0 Å². The molecule has 1 amide bonds. The van der Waals surface area contributed by atoms with Crippen LogP contribution in [0.1, 0.15) is 42.3 Å². The van der Waals surface area contributed by atoms with Crippen molar-refractivity contribution < 1.29 is 4.79 Å². The number of anilines is 1. The van der Waals surface area contributed by atoms with E-state index in [1.165, 1.54) is 5.56 Å². The maximum absolute atomic E-state index is 12.7. The molecular formula is C16H20N4O. The van der Waals surface area contributed by atoms with Crippen LogP contribution in [-0.2, 0) is 12.8 Å². The molecule has 1 aromatic heterocycles. The van der Waals surface area contributed by atoms with Gasteiger partial charge in [-0.2, -0.15) is 0 Å². The summed E-state index contributed by atoms with van der Waals surface area (Å²) in [5, 5.41) is 6.93. The number of aromatic nitrogens is 3. The van der Waals surface area contributed by atoms with Crippen LogP contribution >= 0.6 is 0 Å². The number of carbonyl (C=O) groups excluding carboxylic acids is 1. The van der Waals surface area contributed by atoms with E-state index < -0.39 is 0 Å². The van der Waals surface area contributed by atoms with E-state index in [0.29, 0.717) is 12.5 Å². The van der Waals surface area contributed by atoms with Crippen molar-refractivity contribution >= 4 is 11.6 Å². The van der Waals surface area contributed by atoms with E-state index in [0.717, 1.165) is 30.8 Å². The van der Waals surface area contributed by atoms with Gasteiger partial charge in [0.05, 0.1) is 0 Å². The molecule has 0 radical (unpaired) electrons. The zero-order chi connectivity index (χ0) is 14.8. The molecule has 21 heavy (non-hydrogen) atoms. The van der Waals surface area contributed by atoms with Crippen LogP contribution in [0.4, 0.5) is 5.69 Å². The minimum Gasteiger partial charge on any atom is -0.305 e. The summed E-state index contributed by atoms with van der Waals surface area (Å²) < 4.78 is 0. The van der Waals surface area contributed by atoms with Gasteiger partial charge in [-0.25, -0.2) is 4.98 Å². The summed E-state index contributed by atoms with van der Waals surface area (Å²) in [6.07, 6.45) is 2.80. The summed E-state index contributed by atoms with van der Waals surface area (Å²) in [6.45, 7) is 4.96. The van der Waals surface area contributed by atoms with Crippen LogP contribution < -0.4 is 4.90 Å². The minimum absolute atomic E-state index is 0.118. The van der Waals surface area contributed by atoms with Crippen LogP contribution in [0.3, 0.4) is 0 Å². The molecule has 1 atom stereocenters. The molecule has 0 saturated carbocycles. The number of rotatable bonds is 3. The van der Waals surface area contributed by atoms with Crippen molar-refractivity contribution in [3.63, 3.8) is 0 Å². The van der Waals surface area contributed by atoms with Gasteiger partial charge in [-0.3, -0.25) is 9.89 Å². The number of nitrogens with one attached hydrogen (secondary N) is 1. The maximum atomic E-state index is 12.7. The highest BCUT2D eigenvalue weighted by molar-refractivity contribution is 6.04. The molecular weight excluding hydrogens is 264 g/mol. The van der Waals surface area contributed by atoms with Crippen LogP contribution in [0, 0.1) is 5.92 Å². The molecule has 2 aromatic rings. The third-order valence-corrected chi connectivity index (χ3v) is 3.80. The Morgan fingerprint density at radius 2 is 2.24 bits per heavy atom. The van der Waals surface area contributed by atoms with Gasteiger partial charge >= 0.3 is 0 Å². The lowest BCUT2D eigenvalue weighted by atomic mass is 9.94. The van der Waals surface area contributed by atoms with Gasteiger partial charge in [0.1, 0.15) is 5.82 Å². The van der Waals surface area contributed by atoms with Gasteiger partial charge in [-0.05, 0) is 30.4 Å². The van der Waals surface area contributed by atoms with Gasteiger partial charge in [0, 0.05) is 18.7 Å². The molecule has 1 aliphatic rings. The maximum Gasteiger partial charge on any atom is 0.297 e. The molecule has 1 aliphatic heterocycles. The van der Waals surface area contributed by atoms with Crippen molar-refractivity contribution in [2.24, 2.45) is 5.92 Å². The van der Waals surface area contributed by atoms with Crippen molar-refractivity contribution in [3.05, 3.63) is 41.5 Å². The number of aryl methyl sites for hydroxylation is 1. The largest absolute Gasteiger partial charge is 0.305 e. The van der Waals surface area contributed by atoms with Crippen molar-refractivity contribution in [2.45, 2.75) is 33.1 Å². The first-order valence-corrected chi connectivity index (χ1v) is 7.50. The number of aromatic amines is 1. The zero-order valence-electron chi connectivity index (χ0n) is 12.5. The molecule has 1 unspecified atom stereocenters. The first-order chi connectivity index (χ1) is 10.2. The molecule has 0 fully saturated rings. The Morgan fingerprint density at radius 1 is 1.43 bits per heavy atom. The van der Waals surface area contributed by atoms with Gasteiger partial charge in [-0.1, -0.05) is 32.0 Å². The van der Waals surface area contributed by atoms with E-state index >= 15 is 0 Å². The first kappa shape index (κ1) is 13.8. The number of carbonyl (C=O) groups is 1. The van der Waals surface area contributed by atoms with Crippen LogP contribution in [0.15, 0.2) is 24.3 Å². The summed E-state index contributed by atoms with van der Waals surface area (Å²) >= 11 is 0. The smallest absolute Gasteiger partial charge is 0.297 e. The highest BCUT2D eigenvalue weighted by Crippen LogP contribution is 2.30. The summed E-state index contributed by atoms with van der Waals surface area (Å²) in [5.74, 6) is 1.37. The fraction of sp³-hybridized carbons (Fsp3) is 0.438. The van der Waals surface area contributed by atoms with Crippen LogP contribution in [0.5, 0.6) is 0 Å². The summed E-state index contributed by atoms with van der Waals surface area (Å²) in [4.78, 5) is 18.8.